The summed E-state index contributed by atoms with van der Waals surface area (Å²) in [7, 11) is 0. The molecule has 0 saturated heterocycles. The number of carbonyl (C=O) groups excluding carboxylic acids is 2. The number of allylic oxidation sites excluding steroid dienone is 1. The Hall–Kier alpha value is -2.28. The fraction of sp³-hybridized carbons (Fsp3) is 0.286. The van der Waals surface area contributed by atoms with E-state index in [9.17, 15) is 14.4 Å². The normalized spacial score (nSPS) is 12.7. The lowest BCUT2D eigenvalue weighted by Crippen LogP contribution is -2.26. The molecule has 1 amide bonds. The van der Waals surface area contributed by atoms with Crippen molar-refractivity contribution in [3.8, 4) is 0 Å². The maximum atomic E-state index is 11.9. The van der Waals surface area contributed by atoms with Crippen molar-refractivity contribution in [2.75, 3.05) is 0 Å². The number of thiophene rings is 1. The molecule has 2 aromatic heterocycles. The van der Waals surface area contributed by atoms with Gasteiger partial charge in [-0.1, -0.05) is 0 Å². The number of amides is 1. The number of ketones is 1. The molecule has 110 valence electrons. The Kier molecular flexibility index (Phi) is 4.32. The highest BCUT2D eigenvalue weighted by atomic mass is 32.1. The number of aryl methyl sites for hydroxylation is 1. The van der Waals surface area contributed by atoms with Gasteiger partial charge in [0.05, 0.1) is 5.39 Å². The van der Waals surface area contributed by atoms with Crippen LogP contribution in [0.4, 0.5) is 0 Å². The van der Waals surface area contributed by atoms with Crippen molar-refractivity contribution < 1.29 is 14.0 Å². The minimum absolute atomic E-state index is 0.138. The Bertz CT molecular complexity index is 788. The molecule has 0 unspecified atom stereocenters. The van der Waals surface area contributed by atoms with Crippen LogP contribution in [0.15, 0.2) is 26.7 Å². The van der Waals surface area contributed by atoms with Crippen LogP contribution < -0.4 is 10.9 Å². The zero-order valence-corrected chi connectivity index (χ0v) is 12.6. The van der Waals surface area contributed by atoms with Crippen molar-refractivity contribution in [2.45, 2.75) is 26.8 Å². The summed E-state index contributed by atoms with van der Waals surface area (Å²) in [5.74, 6) is -0.540. The molecule has 1 atom stereocenters. The molecule has 2 aromatic rings. The van der Waals surface area contributed by atoms with Crippen LogP contribution in [-0.2, 0) is 9.59 Å². The molecular weight excluding hydrogens is 292 g/mol. The number of aromatic nitrogens is 1. The van der Waals surface area contributed by atoms with Crippen LogP contribution in [0.1, 0.15) is 31.3 Å². The zero-order valence-electron chi connectivity index (χ0n) is 11.8. The number of fused-ring (bicyclic) bond motifs is 1. The molecular formula is C14H14N2O4S. The molecule has 0 bridgehead atoms. The summed E-state index contributed by atoms with van der Waals surface area (Å²) in [5, 5.41) is 4.88. The summed E-state index contributed by atoms with van der Waals surface area (Å²) in [5.41, 5.74) is 0.359. The molecule has 0 saturated carbocycles. The van der Waals surface area contributed by atoms with Gasteiger partial charge in [-0.3, -0.25) is 9.59 Å². The SMILES string of the molecule is CC(=O)/C=C/C(=O)N[C@@H](C)c1nc2scc(C)c2c(=O)o1. The second-order valence-electron chi connectivity index (χ2n) is 4.61. The van der Waals surface area contributed by atoms with E-state index in [1.807, 2.05) is 12.3 Å². The highest BCUT2D eigenvalue weighted by Crippen LogP contribution is 2.22. The molecule has 0 fully saturated rings. The summed E-state index contributed by atoms with van der Waals surface area (Å²) in [4.78, 5) is 39.1. The van der Waals surface area contributed by atoms with E-state index in [0.29, 0.717) is 10.2 Å². The Balaban J connectivity index is 2.24. The number of hydrogen-bond donors (Lipinski definition) is 1. The highest BCUT2D eigenvalue weighted by Gasteiger charge is 2.16. The average molecular weight is 306 g/mol. The summed E-state index contributed by atoms with van der Waals surface area (Å²) in [6.45, 7) is 4.81. The van der Waals surface area contributed by atoms with E-state index < -0.39 is 17.6 Å². The van der Waals surface area contributed by atoms with Gasteiger partial charge in [0.15, 0.2) is 5.78 Å². The molecule has 0 spiro atoms. The van der Waals surface area contributed by atoms with Crippen molar-refractivity contribution in [1.29, 1.82) is 0 Å². The van der Waals surface area contributed by atoms with Crippen LogP contribution in [0.2, 0.25) is 0 Å². The third-order valence-corrected chi connectivity index (χ3v) is 3.76. The molecule has 2 rings (SSSR count). The first-order chi connectivity index (χ1) is 9.88. The van der Waals surface area contributed by atoms with E-state index in [0.717, 1.165) is 17.7 Å². The highest BCUT2D eigenvalue weighted by molar-refractivity contribution is 7.16. The largest absolute Gasteiger partial charge is 0.406 e. The summed E-state index contributed by atoms with van der Waals surface area (Å²) < 4.78 is 5.15. The van der Waals surface area contributed by atoms with Crippen molar-refractivity contribution in [3.63, 3.8) is 0 Å². The van der Waals surface area contributed by atoms with Crippen LogP contribution in [0.5, 0.6) is 0 Å². The van der Waals surface area contributed by atoms with Crippen molar-refractivity contribution in [1.82, 2.24) is 10.3 Å². The fourth-order valence-electron chi connectivity index (χ4n) is 1.73. The minimum atomic E-state index is -0.575. The number of hydrogen-bond acceptors (Lipinski definition) is 6. The number of nitrogens with zero attached hydrogens (tertiary/aromatic N) is 1. The van der Waals surface area contributed by atoms with Crippen molar-refractivity contribution in [3.05, 3.63) is 39.4 Å². The maximum Gasteiger partial charge on any atom is 0.348 e. The van der Waals surface area contributed by atoms with Gasteiger partial charge in [0.2, 0.25) is 11.8 Å². The lowest BCUT2D eigenvalue weighted by Gasteiger charge is -2.09. The van der Waals surface area contributed by atoms with Crippen molar-refractivity contribution >= 4 is 33.2 Å². The first-order valence-corrected chi connectivity index (χ1v) is 7.14. The minimum Gasteiger partial charge on any atom is -0.406 e. The van der Waals surface area contributed by atoms with Crippen LogP contribution in [0.3, 0.4) is 0 Å². The van der Waals surface area contributed by atoms with E-state index in [1.165, 1.54) is 18.3 Å². The fourth-order valence-corrected chi connectivity index (χ4v) is 2.64. The molecule has 0 radical (unpaired) electrons. The summed E-state index contributed by atoms with van der Waals surface area (Å²) >= 11 is 1.35. The van der Waals surface area contributed by atoms with Crippen LogP contribution in [0.25, 0.3) is 10.2 Å². The van der Waals surface area contributed by atoms with Crippen LogP contribution in [0, 0.1) is 6.92 Å². The van der Waals surface area contributed by atoms with Gasteiger partial charge in [-0.15, -0.1) is 11.3 Å². The van der Waals surface area contributed by atoms with E-state index in [-0.39, 0.29) is 11.7 Å². The van der Waals surface area contributed by atoms with Gasteiger partial charge in [-0.25, -0.2) is 9.78 Å². The maximum absolute atomic E-state index is 11.9. The zero-order chi connectivity index (χ0) is 15.6. The van der Waals surface area contributed by atoms with E-state index in [4.69, 9.17) is 4.42 Å². The molecule has 1 N–H and O–H groups in total. The Morgan fingerprint density at radius 2 is 2.14 bits per heavy atom. The van der Waals surface area contributed by atoms with Gasteiger partial charge in [-0.2, -0.15) is 0 Å². The Morgan fingerprint density at radius 3 is 2.81 bits per heavy atom. The lowest BCUT2D eigenvalue weighted by atomic mass is 10.2. The molecule has 0 aliphatic heterocycles. The number of carbonyl (C=O) groups is 2. The van der Waals surface area contributed by atoms with Gasteiger partial charge in [0.1, 0.15) is 10.9 Å². The first-order valence-electron chi connectivity index (χ1n) is 6.26. The number of rotatable bonds is 4. The molecule has 0 aromatic carbocycles. The average Bonchev–Trinajstić information content (AvgIpc) is 2.78. The molecule has 21 heavy (non-hydrogen) atoms. The van der Waals surface area contributed by atoms with Crippen molar-refractivity contribution in [2.24, 2.45) is 0 Å². The molecule has 0 aliphatic rings. The lowest BCUT2D eigenvalue weighted by molar-refractivity contribution is -0.118. The van der Waals surface area contributed by atoms with Gasteiger partial charge in [0, 0.05) is 6.08 Å². The van der Waals surface area contributed by atoms with Gasteiger partial charge in [-0.05, 0) is 37.8 Å². The van der Waals surface area contributed by atoms with Gasteiger partial charge >= 0.3 is 5.63 Å². The summed E-state index contributed by atoms with van der Waals surface area (Å²) in [6, 6.07) is -0.575. The monoisotopic (exact) mass is 306 g/mol. The van der Waals surface area contributed by atoms with Crippen LogP contribution in [-0.4, -0.2) is 16.7 Å². The second-order valence-corrected chi connectivity index (χ2v) is 5.47. The van der Waals surface area contributed by atoms with Crippen LogP contribution >= 0.6 is 11.3 Å². The van der Waals surface area contributed by atoms with Gasteiger partial charge < -0.3 is 9.73 Å². The first kappa shape index (κ1) is 15.1. The topological polar surface area (TPSA) is 89.3 Å². The predicted octanol–water partition coefficient (Wildman–Crippen LogP) is 1.88. The van der Waals surface area contributed by atoms with E-state index in [2.05, 4.69) is 10.3 Å². The van der Waals surface area contributed by atoms with E-state index >= 15 is 0 Å². The van der Waals surface area contributed by atoms with Gasteiger partial charge in [0.25, 0.3) is 0 Å². The predicted molar refractivity (Wildman–Crippen MR) is 79.3 cm³/mol. The summed E-state index contributed by atoms with van der Waals surface area (Å²) in [6.07, 6.45) is 2.29. The molecule has 2 heterocycles. The number of nitrogens with one attached hydrogen (secondary N) is 1. The molecule has 0 aliphatic carbocycles. The Morgan fingerprint density at radius 1 is 1.43 bits per heavy atom. The Labute approximate surface area is 124 Å². The quantitative estimate of drug-likeness (QED) is 0.871. The molecule has 6 nitrogen and oxygen atoms in total. The third-order valence-electron chi connectivity index (χ3n) is 2.77. The second kappa shape index (κ2) is 6.01. The molecule has 7 heteroatoms. The third kappa shape index (κ3) is 3.43. The van der Waals surface area contributed by atoms with E-state index in [1.54, 1.807) is 6.92 Å². The standard InChI is InChI=1S/C14H14N2O4S/c1-7-6-21-13-11(7)14(19)20-12(16-13)9(3)15-10(18)5-4-8(2)17/h4-6,9H,1-3H3,(H,15,18)/b5-4+/t9-/m0/s1. The smallest absolute Gasteiger partial charge is 0.348 e.